The first-order valence-electron chi connectivity index (χ1n) is 43.4. The summed E-state index contributed by atoms with van der Waals surface area (Å²) in [6, 6.07) is 41.8. The molecule has 0 aliphatic carbocycles. The number of rotatable bonds is 19. The number of H-pyrrole nitrogens is 6. The minimum atomic E-state index is -4.54. The SMILES string of the molecule is CCOC(=O)C1=C(C)Nc2[nH]ncc2C1c1ccc(Cl)cc1.CCOC(=O)C1=C(C)Nc2[nH]ncc2C1c1cccc(Cl)c1.CCOC(=O)C1=C(C)Nc2[nH]ncc2C1c1ccccc1C(F)(F)F.CCOC(=O)C1=C(C)Nc2[nH]ncc2C1c1ccccc1Cl.CCOC(=O)C1=C(C)Nc2[nH]ncc2C1c1ccccc1F.CCOC(=O)C1=C(C)Nc2[nH]ncc2C1c1ccccc1OC. The standard InChI is InChI=1S/C17H16F3N3O2.C17H19N3O3.3C16H16ClN3O2.C16H16FN3O2/c1-3-25-16(24)13-9(2)22-15-11(8-21-23-15)14(13)10-6-4-5-7-12(10)17(18,19)20;1-4-23-17(21)14-10(2)19-16-12(9-18-20-16)15(14)11-7-5-6-8-13(11)22-3;1-3-22-16(21)13-9(2)19-15-12(8-18-20-15)14(13)10-4-6-11(17)7-5-10;1-3-22-16(21)13-9(2)19-15-12(8-18-20-15)14(13)10-5-4-6-11(17)7-10;2*1-3-22-16(21)13-9(2)19-15-11(8-18-20-15)14(13)10-6-4-5-7-12(10)17/h4-8,14H,3H2,1-2H3,(H2,21,22,23);5-9,15H,4H2,1-3H3,(H2,18,19,20);4*4-8,14H,3H2,1-2H3,(H2,18,19,20). The Balaban J connectivity index is 0.000000138. The van der Waals surface area contributed by atoms with Crippen LogP contribution in [-0.4, -0.2) is 144 Å². The molecule has 0 bridgehead atoms. The van der Waals surface area contributed by atoms with Crippen molar-refractivity contribution < 1.29 is 79.5 Å². The molecule has 6 atom stereocenters. The van der Waals surface area contributed by atoms with Crippen molar-refractivity contribution in [3.63, 3.8) is 0 Å². The van der Waals surface area contributed by atoms with Crippen molar-refractivity contribution in [2.45, 2.75) is 125 Å². The fraction of sp³-hybridized carbons (Fsp3) is 0.265. The van der Waals surface area contributed by atoms with Gasteiger partial charge in [0.15, 0.2) is 0 Å². The fourth-order valence-electron chi connectivity index (χ4n) is 17.0. The fourth-order valence-corrected chi connectivity index (χ4v) is 17.6. The van der Waals surface area contributed by atoms with Gasteiger partial charge in [-0.2, -0.15) is 43.8 Å². The predicted molar refractivity (Wildman–Crippen MR) is 506 cm³/mol. The zero-order valence-corrected chi connectivity index (χ0v) is 78.4. The number of ether oxygens (including phenoxy) is 7. The Morgan fingerprint density at radius 3 is 0.941 bits per heavy atom. The van der Waals surface area contributed by atoms with Gasteiger partial charge in [0.1, 0.15) is 46.5 Å². The molecule has 6 aliphatic heterocycles. The molecule has 6 aromatic heterocycles. The highest BCUT2D eigenvalue weighted by Gasteiger charge is 2.44. The maximum atomic E-state index is 14.3. The van der Waals surface area contributed by atoms with E-state index >= 15 is 0 Å². The molecule has 6 unspecified atom stereocenters. The minimum Gasteiger partial charge on any atom is -0.496 e. The molecule has 0 fully saturated rings. The molecule has 136 heavy (non-hydrogen) atoms. The highest BCUT2D eigenvalue weighted by Crippen LogP contribution is 2.51. The lowest BCUT2D eigenvalue weighted by Crippen LogP contribution is -2.25. The van der Waals surface area contributed by atoms with E-state index in [2.05, 4.69) is 93.1 Å². The molecule has 12 aromatic rings. The lowest BCUT2D eigenvalue weighted by molar-refractivity contribution is -0.140. The second-order valence-corrected chi connectivity index (χ2v) is 32.4. The van der Waals surface area contributed by atoms with Gasteiger partial charge < -0.3 is 65.1 Å². The molecular weight excluding hydrogens is 1820 g/mol. The Morgan fingerprint density at radius 2 is 0.603 bits per heavy atom. The summed E-state index contributed by atoms with van der Waals surface area (Å²) in [4.78, 5) is 74.6. The van der Waals surface area contributed by atoms with E-state index < -0.39 is 35.5 Å². The Kier molecular flexibility index (Phi) is 32.1. The third-order valence-electron chi connectivity index (χ3n) is 22.7. The normalized spacial score (nSPS) is 16.9. The number of fused-ring (bicyclic) bond motifs is 6. The molecule has 38 heteroatoms. The van der Waals surface area contributed by atoms with Crippen molar-refractivity contribution in [3.8, 4) is 5.75 Å². The molecular formula is C98H99Cl3F4N18O13. The number of halogens is 7. The zero-order valence-electron chi connectivity index (χ0n) is 76.2. The molecule has 6 aliphatic rings. The van der Waals surface area contributed by atoms with Crippen molar-refractivity contribution >= 4 is 106 Å². The van der Waals surface area contributed by atoms with Crippen LogP contribution in [-0.2, 0) is 63.4 Å². The lowest BCUT2D eigenvalue weighted by Gasteiger charge is -2.29. The van der Waals surface area contributed by atoms with Crippen molar-refractivity contribution in [1.29, 1.82) is 0 Å². The predicted octanol–water partition coefficient (Wildman–Crippen LogP) is 20.0. The van der Waals surface area contributed by atoms with Gasteiger partial charge in [-0.05, 0) is 154 Å². The monoisotopic (exact) mass is 1920 g/mol. The molecule has 18 rings (SSSR count). The van der Waals surface area contributed by atoms with E-state index in [1.54, 1.807) is 112 Å². The number of alkyl halides is 3. The molecule has 0 radical (unpaired) electrons. The number of nitrogens with zero attached hydrogens (tertiary/aromatic N) is 6. The van der Waals surface area contributed by atoms with E-state index in [4.69, 9.17) is 68.0 Å². The van der Waals surface area contributed by atoms with Gasteiger partial charge in [0.25, 0.3) is 0 Å². The Morgan fingerprint density at radius 1 is 0.316 bits per heavy atom. The summed E-state index contributed by atoms with van der Waals surface area (Å²) in [5, 5.41) is 62.1. The summed E-state index contributed by atoms with van der Waals surface area (Å²) in [6.07, 6.45) is 5.37. The van der Waals surface area contributed by atoms with Crippen molar-refractivity contribution in [2.24, 2.45) is 0 Å². The molecule has 0 saturated carbocycles. The molecule has 12 N–H and O–H groups in total. The van der Waals surface area contributed by atoms with Gasteiger partial charge in [-0.25, -0.2) is 33.2 Å². The van der Waals surface area contributed by atoms with Crippen LogP contribution in [0.4, 0.5) is 52.5 Å². The van der Waals surface area contributed by atoms with Gasteiger partial charge in [0.2, 0.25) is 0 Å². The molecule has 0 amide bonds. The molecule has 6 aromatic carbocycles. The number of hydrogen-bond donors (Lipinski definition) is 12. The van der Waals surface area contributed by atoms with Gasteiger partial charge in [0, 0.05) is 117 Å². The van der Waals surface area contributed by atoms with Crippen LogP contribution in [0, 0.1) is 5.82 Å². The summed E-state index contributed by atoms with van der Waals surface area (Å²) in [5.41, 5.74) is 15.0. The van der Waals surface area contributed by atoms with Gasteiger partial charge in [-0.15, -0.1) is 0 Å². The minimum absolute atomic E-state index is 0.0125. The van der Waals surface area contributed by atoms with E-state index in [0.29, 0.717) is 104 Å². The van der Waals surface area contributed by atoms with Crippen molar-refractivity contribution in [1.82, 2.24) is 61.2 Å². The van der Waals surface area contributed by atoms with Crippen LogP contribution in [0.25, 0.3) is 0 Å². The van der Waals surface area contributed by atoms with Crippen molar-refractivity contribution in [3.05, 3.63) is 344 Å². The van der Waals surface area contributed by atoms with E-state index in [-0.39, 0.29) is 77.7 Å². The smallest absolute Gasteiger partial charge is 0.416 e. The summed E-state index contributed by atoms with van der Waals surface area (Å²) in [6.45, 7) is 23.1. The second-order valence-electron chi connectivity index (χ2n) is 31.1. The summed E-state index contributed by atoms with van der Waals surface area (Å²) in [5.74, 6) is -0.349. The first-order chi connectivity index (χ1) is 65.5. The van der Waals surface area contributed by atoms with Crippen LogP contribution < -0.4 is 36.6 Å². The zero-order chi connectivity index (χ0) is 97.3. The Labute approximate surface area is 794 Å². The number of hydrogen-bond acceptors (Lipinski definition) is 25. The average molecular weight is 1920 g/mol. The van der Waals surface area contributed by atoms with Crippen LogP contribution in [0.15, 0.2) is 250 Å². The van der Waals surface area contributed by atoms with Crippen LogP contribution in [0.5, 0.6) is 5.75 Å². The molecule has 708 valence electrons. The Bertz CT molecular complexity index is 6490. The summed E-state index contributed by atoms with van der Waals surface area (Å²) < 4.78 is 91.5. The number of nitrogens with one attached hydrogen (secondary N) is 12. The number of esters is 6. The third-order valence-corrected chi connectivity index (χ3v) is 23.6. The van der Waals surface area contributed by atoms with E-state index in [9.17, 15) is 46.3 Å². The summed E-state index contributed by atoms with van der Waals surface area (Å²) >= 11 is 18.5. The number of para-hydroxylation sites is 1. The van der Waals surface area contributed by atoms with E-state index in [1.807, 2.05) is 125 Å². The number of carbonyl (C=O) groups is 6. The largest absolute Gasteiger partial charge is 0.496 e. The molecule has 0 saturated heterocycles. The van der Waals surface area contributed by atoms with Crippen molar-refractivity contribution in [2.75, 3.05) is 78.7 Å². The molecule has 0 spiro atoms. The van der Waals surface area contributed by atoms with Gasteiger partial charge >= 0.3 is 42.0 Å². The van der Waals surface area contributed by atoms with Crippen LogP contribution in [0.3, 0.4) is 0 Å². The van der Waals surface area contributed by atoms with Gasteiger partial charge in [-0.3, -0.25) is 30.6 Å². The van der Waals surface area contributed by atoms with E-state index in [0.717, 1.165) is 108 Å². The first kappa shape index (κ1) is 98.5. The molecule has 31 nitrogen and oxygen atoms in total. The van der Waals surface area contributed by atoms with Crippen LogP contribution in [0.1, 0.15) is 191 Å². The Hall–Kier alpha value is -15.0. The van der Waals surface area contributed by atoms with Gasteiger partial charge in [0.05, 0.1) is 135 Å². The maximum absolute atomic E-state index is 14.3. The number of carbonyl (C=O) groups excluding carboxylic acids is 6. The number of benzene rings is 6. The number of methoxy groups -OCH3 is 1. The second kappa shape index (κ2) is 44.3. The highest BCUT2D eigenvalue weighted by atomic mass is 35.5. The lowest BCUT2D eigenvalue weighted by atomic mass is 9.80. The quantitative estimate of drug-likeness (QED) is 0.0203. The number of allylic oxidation sites excluding steroid dienone is 6. The number of anilines is 6. The number of aromatic amines is 6. The highest BCUT2D eigenvalue weighted by molar-refractivity contribution is 6.32. The maximum Gasteiger partial charge on any atom is 0.416 e. The third kappa shape index (κ3) is 21.3. The van der Waals surface area contributed by atoms with Crippen LogP contribution >= 0.6 is 34.8 Å². The number of aromatic nitrogens is 12. The first-order valence-corrected chi connectivity index (χ1v) is 44.5. The van der Waals surface area contributed by atoms with E-state index in [1.165, 1.54) is 30.5 Å². The summed E-state index contributed by atoms with van der Waals surface area (Å²) in [7, 11) is 1.62. The topological polar surface area (TPSA) is 411 Å². The average Bonchev–Trinajstić information content (AvgIpc) is 1.32. The molecule has 12 heterocycles. The van der Waals surface area contributed by atoms with Crippen LogP contribution in [0.2, 0.25) is 15.1 Å². The van der Waals surface area contributed by atoms with Gasteiger partial charge in [-0.1, -0.05) is 132 Å².